The molecule has 1 aliphatic carbocycles. The number of benzene rings is 2. The zero-order chi connectivity index (χ0) is 32.3. The highest BCUT2D eigenvalue weighted by atomic mass is 35.5. The summed E-state index contributed by atoms with van der Waals surface area (Å²) < 4.78 is 6.23. The third kappa shape index (κ3) is 7.46. The molecular weight excluding hydrogens is 598 g/mol. The smallest absolute Gasteiger partial charge is 0.334 e. The largest absolute Gasteiger partial charge is 0.487 e. The molecule has 0 radical (unpaired) electrons. The maximum absolute atomic E-state index is 13.9. The molecule has 9 heteroatoms. The van der Waals surface area contributed by atoms with E-state index in [1.54, 1.807) is 0 Å². The van der Waals surface area contributed by atoms with Crippen molar-refractivity contribution < 1.29 is 14.6 Å². The molecule has 0 spiro atoms. The van der Waals surface area contributed by atoms with Crippen molar-refractivity contribution in [2.45, 2.75) is 83.0 Å². The average molecular weight is 646 g/mol. The molecule has 0 aromatic heterocycles. The lowest BCUT2D eigenvalue weighted by Gasteiger charge is -2.37. The van der Waals surface area contributed by atoms with Gasteiger partial charge in [-0.15, -0.1) is 0 Å². The van der Waals surface area contributed by atoms with Crippen molar-refractivity contribution in [3.05, 3.63) is 93.7 Å². The van der Waals surface area contributed by atoms with Crippen molar-refractivity contribution in [3.63, 3.8) is 0 Å². The Morgan fingerprint density at radius 1 is 1.13 bits per heavy atom. The molecule has 1 saturated heterocycles. The third-order valence-corrected chi connectivity index (χ3v) is 10.1. The number of carbonyl (C=O) groups is 1. The molecular formula is C37H48ClN5O3. The van der Waals surface area contributed by atoms with Gasteiger partial charge in [0.05, 0.1) is 11.3 Å². The van der Waals surface area contributed by atoms with Crippen LogP contribution in [0.5, 0.6) is 5.75 Å². The maximum Gasteiger partial charge on any atom is 0.334 e. The van der Waals surface area contributed by atoms with Crippen LogP contribution in [-0.2, 0) is 12.1 Å². The third-order valence-electron chi connectivity index (χ3n) is 9.86. The number of aliphatic hydroxyl groups is 1. The Morgan fingerprint density at radius 3 is 2.67 bits per heavy atom. The van der Waals surface area contributed by atoms with Crippen LogP contribution in [0.3, 0.4) is 0 Å². The fourth-order valence-electron chi connectivity index (χ4n) is 7.16. The normalized spacial score (nSPS) is 21.3. The highest BCUT2D eigenvalue weighted by Crippen LogP contribution is 2.39. The number of halogens is 1. The average Bonchev–Trinajstić information content (AvgIpc) is 3.47. The molecule has 3 aliphatic heterocycles. The first-order valence-corrected chi connectivity index (χ1v) is 17.2. The Hall–Kier alpha value is -3.30. The first-order valence-electron chi connectivity index (χ1n) is 16.8. The zero-order valence-electron chi connectivity index (χ0n) is 27.2. The van der Waals surface area contributed by atoms with Crippen LogP contribution in [0.15, 0.2) is 72.0 Å². The summed E-state index contributed by atoms with van der Waals surface area (Å²) in [5.74, 6) is 7.36. The number of carbonyl (C=O) groups excluding carboxylic acids is 1. The van der Waals surface area contributed by atoms with Crippen LogP contribution in [0.1, 0.15) is 75.5 Å². The van der Waals surface area contributed by atoms with Crippen LogP contribution in [0.25, 0.3) is 5.57 Å². The number of allylic oxidation sites excluding steroid dienone is 3. The Balaban J connectivity index is 1.19. The molecule has 2 amide bonds. The lowest BCUT2D eigenvalue weighted by molar-refractivity contribution is 0.0785. The van der Waals surface area contributed by atoms with Crippen LogP contribution < -0.4 is 15.9 Å². The molecule has 46 heavy (non-hydrogen) atoms. The molecule has 0 unspecified atom stereocenters. The number of hydrogen-bond acceptors (Lipinski definition) is 6. The minimum Gasteiger partial charge on any atom is -0.487 e. The van der Waals surface area contributed by atoms with Gasteiger partial charge in [0.25, 0.3) is 0 Å². The molecule has 246 valence electrons. The molecule has 2 aromatic carbocycles. The Morgan fingerprint density at radius 2 is 1.91 bits per heavy atom. The molecule has 6 rings (SSSR count). The second-order valence-corrected chi connectivity index (χ2v) is 14.1. The Bertz CT molecular complexity index is 1490. The van der Waals surface area contributed by atoms with E-state index in [0.717, 1.165) is 104 Å². The number of urea groups is 1. The predicted molar refractivity (Wildman–Crippen MR) is 184 cm³/mol. The van der Waals surface area contributed by atoms with Gasteiger partial charge in [-0.2, -0.15) is 0 Å². The topological polar surface area (TPSA) is 94.3 Å². The van der Waals surface area contributed by atoms with E-state index in [1.165, 1.54) is 11.4 Å². The van der Waals surface area contributed by atoms with Gasteiger partial charge in [-0.25, -0.2) is 10.6 Å². The standard InChI is InChI=1S/C37H48ClN5O3/c1-37(2,45)27-14-17-35-33(22-27)31(32-10-6-19-40-34(32)25-46-35)11-7-20-41-21-18-30(24-41)42(23-26-12-15-28(38)16-13-26)36(44)43(39)29-8-4-3-5-9-29/h6,10-17,22,29-30,40,45H,3-5,7-9,18-21,23-25,39H2,1-2H3/b31-11+/t30-/m0/s1. The number of rotatable bonds is 8. The number of nitrogens with two attached hydrogens (primary N) is 1. The minimum absolute atomic E-state index is 0.0756. The monoisotopic (exact) mass is 645 g/mol. The van der Waals surface area contributed by atoms with Crippen molar-refractivity contribution in [2.24, 2.45) is 5.84 Å². The molecule has 2 aromatic rings. The van der Waals surface area contributed by atoms with Crippen molar-refractivity contribution in [2.75, 3.05) is 32.8 Å². The van der Waals surface area contributed by atoms with Crippen LogP contribution in [0.2, 0.25) is 5.02 Å². The highest BCUT2D eigenvalue weighted by molar-refractivity contribution is 6.30. The van der Waals surface area contributed by atoms with Gasteiger partial charge in [0.1, 0.15) is 12.4 Å². The van der Waals surface area contributed by atoms with Crippen molar-refractivity contribution in [3.8, 4) is 5.75 Å². The van der Waals surface area contributed by atoms with Crippen LogP contribution in [0, 0.1) is 0 Å². The first kappa shape index (κ1) is 32.6. The molecule has 1 saturated carbocycles. The number of fused-ring (bicyclic) bond motifs is 1. The summed E-state index contributed by atoms with van der Waals surface area (Å²) in [6.07, 6.45) is 13.8. The highest BCUT2D eigenvalue weighted by Gasteiger charge is 2.35. The molecule has 3 heterocycles. The minimum atomic E-state index is -0.958. The van der Waals surface area contributed by atoms with Crippen molar-refractivity contribution in [1.82, 2.24) is 20.1 Å². The van der Waals surface area contributed by atoms with E-state index in [-0.39, 0.29) is 18.1 Å². The molecule has 0 bridgehead atoms. The number of dihydropyridines is 1. The second-order valence-electron chi connectivity index (χ2n) is 13.6. The van der Waals surface area contributed by atoms with E-state index in [1.807, 2.05) is 55.1 Å². The second kappa shape index (κ2) is 14.2. The lowest BCUT2D eigenvalue weighted by Crippen LogP contribution is -2.55. The number of nitrogens with zero attached hydrogens (tertiary/aromatic N) is 3. The van der Waals surface area contributed by atoms with Gasteiger partial charge in [-0.05, 0) is 80.5 Å². The molecule has 2 fully saturated rings. The molecule has 4 N–H and O–H groups in total. The number of hydrazine groups is 1. The fraction of sp³-hybridized carbons (Fsp3) is 0.486. The van der Waals surface area contributed by atoms with E-state index < -0.39 is 5.60 Å². The van der Waals surface area contributed by atoms with Crippen LogP contribution in [-0.4, -0.2) is 70.8 Å². The number of nitrogens with one attached hydrogen (secondary N) is 1. The van der Waals surface area contributed by atoms with Gasteiger partial charge >= 0.3 is 6.03 Å². The van der Waals surface area contributed by atoms with E-state index in [4.69, 9.17) is 22.2 Å². The molecule has 4 aliphatic rings. The summed E-state index contributed by atoms with van der Waals surface area (Å²) in [6, 6.07) is 13.8. The Labute approximate surface area is 278 Å². The summed E-state index contributed by atoms with van der Waals surface area (Å²) in [5.41, 5.74) is 5.30. The van der Waals surface area contributed by atoms with E-state index in [9.17, 15) is 9.90 Å². The maximum atomic E-state index is 13.9. The van der Waals surface area contributed by atoms with Gasteiger partial charge in [-0.1, -0.05) is 67.3 Å². The number of hydrogen-bond donors (Lipinski definition) is 3. The summed E-state index contributed by atoms with van der Waals surface area (Å²) in [5, 5.41) is 16.5. The first-order chi connectivity index (χ1) is 22.2. The van der Waals surface area contributed by atoms with E-state index >= 15 is 0 Å². The van der Waals surface area contributed by atoms with E-state index in [0.29, 0.717) is 18.2 Å². The summed E-state index contributed by atoms with van der Waals surface area (Å²) in [6.45, 7) is 7.99. The fourth-order valence-corrected chi connectivity index (χ4v) is 7.29. The molecule has 8 nitrogen and oxygen atoms in total. The van der Waals surface area contributed by atoms with Crippen LogP contribution in [0.4, 0.5) is 4.79 Å². The van der Waals surface area contributed by atoms with Crippen LogP contribution >= 0.6 is 11.6 Å². The summed E-state index contributed by atoms with van der Waals surface area (Å²) in [7, 11) is 0. The SMILES string of the molecule is CC(C)(O)c1ccc2c(c1)/C(=C/CCN1CC[C@H](N(Cc3ccc(Cl)cc3)C(=O)N(N)C3CCCCC3)C1)C1=C(CO2)NCC=C1. The molecule has 1 atom stereocenters. The number of likely N-dealkylation sites (tertiary alicyclic amines) is 1. The predicted octanol–water partition coefficient (Wildman–Crippen LogP) is 6.35. The van der Waals surface area contributed by atoms with E-state index in [2.05, 4.69) is 34.5 Å². The van der Waals surface area contributed by atoms with Gasteiger partial charge in [0.2, 0.25) is 0 Å². The number of amides is 2. The zero-order valence-corrected chi connectivity index (χ0v) is 27.9. The number of ether oxygens (including phenoxy) is 1. The lowest BCUT2D eigenvalue weighted by atomic mass is 9.89. The van der Waals surface area contributed by atoms with Gasteiger partial charge < -0.3 is 25.0 Å². The summed E-state index contributed by atoms with van der Waals surface area (Å²) >= 11 is 6.17. The quantitative estimate of drug-likeness (QED) is 0.176. The van der Waals surface area contributed by atoms with Crippen molar-refractivity contribution in [1.29, 1.82) is 0 Å². The van der Waals surface area contributed by atoms with Gasteiger partial charge in [0.15, 0.2) is 0 Å². The Kier molecular flexibility index (Phi) is 10.1. The van der Waals surface area contributed by atoms with Crippen molar-refractivity contribution >= 4 is 23.2 Å². The van der Waals surface area contributed by atoms with Gasteiger partial charge in [-0.3, -0.25) is 5.01 Å². The van der Waals surface area contributed by atoms with Gasteiger partial charge in [0, 0.05) is 61.0 Å². The summed E-state index contributed by atoms with van der Waals surface area (Å²) in [4.78, 5) is 18.4.